The number of hydrogen-bond donors (Lipinski definition) is 0. The first-order valence-electron chi connectivity index (χ1n) is 9.82. The first kappa shape index (κ1) is 25.6. The topological polar surface area (TPSA) is 114 Å². The third-order valence-corrected chi connectivity index (χ3v) is 6.58. The van der Waals surface area contributed by atoms with Crippen LogP contribution in [0, 0.1) is 17.0 Å². The van der Waals surface area contributed by atoms with Crippen LogP contribution in [0.1, 0.15) is 30.9 Å². The van der Waals surface area contributed by atoms with E-state index in [1.165, 1.54) is 34.1 Å². The number of esters is 1. The molecule has 174 valence electrons. The van der Waals surface area contributed by atoms with Crippen LogP contribution >= 0.6 is 21.6 Å². The van der Waals surface area contributed by atoms with Gasteiger partial charge in [-0.05, 0) is 37.1 Å². The van der Waals surface area contributed by atoms with Gasteiger partial charge >= 0.3 is 12.1 Å². The lowest BCUT2D eigenvalue weighted by atomic mass is 9.97. The number of rotatable bonds is 12. The van der Waals surface area contributed by atoms with Crippen molar-refractivity contribution < 1.29 is 33.7 Å². The van der Waals surface area contributed by atoms with Crippen molar-refractivity contribution in [1.82, 2.24) is 0 Å². The SMILES string of the molecule is Cc1ccc2cc([C@H](C)C(=O)OCCSSCCOC(=O)OC(C)O[N+](=O)[O-])ccc2c1. The molecule has 0 spiro atoms. The molecule has 0 amide bonds. The molecule has 2 aromatic carbocycles. The summed E-state index contributed by atoms with van der Waals surface area (Å²) in [4.78, 5) is 37.8. The molecule has 11 heteroatoms. The van der Waals surface area contributed by atoms with E-state index in [2.05, 4.69) is 15.6 Å². The Bertz CT molecular complexity index is 939. The van der Waals surface area contributed by atoms with Gasteiger partial charge in [0, 0.05) is 11.5 Å². The van der Waals surface area contributed by atoms with Gasteiger partial charge in [0.2, 0.25) is 6.29 Å². The highest BCUT2D eigenvalue weighted by Gasteiger charge is 2.17. The largest absolute Gasteiger partial charge is 0.510 e. The van der Waals surface area contributed by atoms with Gasteiger partial charge in [-0.25, -0.2) is 4.79 Å². The second-order valence-corrected chi connectivity index (χ2v) is 9.46. The van der Waals surface area contributed by atoms with Crippen molar-refractivity contribution in [2.75, 3.05) is 24.7 Å². The Morgan fingerprint density at radius 2 is 1.62 bits per heavy atom. The lowest BCUT2D eigenvalue weighted by Gasteiger charge is -2.13. The summed E-state index contributed by atoms with van der Waals surface area (Å²) in [5.74, 6) is 0.419. The standard InChI is InChI=1S/C21H25NO8S2/c1-14-4-5-19-13-17(6-7-18(19)12-14)15(2)20(23)27-8-10-31-32-11-9-28-21(24)29-16(3)30-22(25)26/h4-7,12-13,15-16H,8-11H2,1-3H3/t15-,16?/m0/s1. The lowest BCUT2D eigenvalue weighted by molar-refractivity contribution is -0.777. The van der Waals surface area contributed by atoms with Crippen molar-refractivity contribution in [1.29, 1.82) is 0 Å². The van der Waals surface area contributed by atoms with Gasteiger partial charge in [-0.3, -0.25) is 9.63 Å². The normalized spacial score (nSPS) is 12.6. The van der Waals surface area contributed by atoms with Crippen molar-refractivity contribution in [3.8, 4) is 0 Å². The molecule has 2 atom stereocenters. The van der Waals surface area contributed by atoms with E-state index in [-0.39, 0.29) is 25.1 Å². The summed E-state index contributed by atoms with van der Waals surface area (Å²) in [5, 5.41) is 11.3. The molecule has 0 saturated heterocycles. The van der Waals surface area contributed by atoms with Crippen molar-refractivity contribution in [2.45, 2.75) is 33.0 Å². The third kappa shape index (κ3) is 8.83. The molecule has 2 rings (SSSR count). The molecule has 0 saturated carbocycles. The Morgan fingerprint density at radius 1 is 1.00 bits per heavy atom. The maximum absolute atomic E-state index is 12.3. The summed E-state index contributed by atoms with van der Waals surface area (Å²) in [6.45, 7) is 5.42. The van der Waals surface area contributed by atoms with Crippen molar-refractivity contribution >= 4 is 44.5 Å². The van der Waals surface area contributed by atoms with Gasteiger partial charge in [-0.1, -0.05) is 63.5 Å². The number of benzene rings is 2. The molecule has 32 heavy (non-hydrogen) atoms. The molecule has 0 aliphatic rings. The van der Waals surface area contributed by atoms with E-state index in [1.807, 2.05) is 44.2 Å². The summed E-state index contributed by atoms with van der Waals surface area (Å²) in [6, 6.07) is 12.2. The zero-order chi connectivity index (χ0) is 23.5. The second-order valence-electron chi connectivity index (χ2n) is 6.76. The van der Waals surface area contributed by atoms with E-state index in [0.29, 0.717) is 11.5 Å². The van der Waals surface area contributed by atoms with E-state index >= 15 is 0 Å². The molecule has 9 nitrogen and oxygen atoms in total. The summed E-state index contributed by atoms with van der Waals surface area (Å²) in [5.41, 5.74) is 2.10. The average Bonchev–Trinajstić information content (AvgIpc) is 2.73. The molecular weight excluding hydrogens is 458 g/mol. The van der Waals surface area contributed by atoms with Gasteiger partial charge in [0.15, 0.2) is 0 Å². The Morgan fingerprint density at radius 3 is 2.31 bits per heavy atom. The van der Waals surface area contributed by atoms with Gasteiger partial charge in [0.05, 0.1) is 5.92 Å². The summed E-state index contributed by atoms with van der Waals surface area (Å²) < 4.78 is 14.7. The molecule has 0 aliphatic heterocycles. The fraction of sp³-hybridized carbons (Fsp3) is 0.429. The fourth-order valence-corrected chi connectivity index (χ4v) is 4.33. The van der Waals surface area contributed by atoms with E-state index < -0.39 is 17.5 Å². The minimum atomic E-state index is -1.34. The predicted molar refractivity (Wildman–Crippen MR) is 123 cm³/mol. The van der Waals surface area contributed by atoms with E-state index in [1.54, 1.807) is 0 Å². The van der Waals surface area contributed by atoms with Gasteiger partial charge in [-0.15, -0.1) is 10.1 Å². The highest BCUT2D eigenvalue weighted by atomic mass is 33.1. The number of carbonyl (C=O) groups excluding carboxylic acids is 2. The van der Waals surface area contributed by atoms with Crippen LogP contribution in [0.3, 0.4) is 0 Å². The Balaban J connectivity index is 1.59. The van der Waals surface area contributed by atoms with Crippen molar-refractivity contribution in [3.63, 3.8) is 0 Å². The maximum Gasteiger partial charge on any atom is 0.510 e. The number of aryl methyl sites for hydroxylation is 1. The smallest absolute Gasteiger partial charge is 0.464 e. The number of nitrogens with zero attached hydrogens (tertiary/aromatic N) is 1. The van der Waals surface area contributed by atoms with Crippen molar-refractivity contribution in [3.05, 3.63) is 57.6 Å². The van der Waals surface area contributed by atoms with Crippen LogP contribution < -0.4 is 0 Å². The van der Waals surface area contributed by atoms with E-state index in [9.17, 15) is 19.7 Å². The second kappa shape index (κ2) is 13.0. The maximum atomic E-state index is 12.3. The summed E-state index contributed by atoms with van der Waals surface area (Å²) >= 11 is 0. The van der Waals surface area contributed by atoms with Crippen LogP contribution in [-0.4, -0.2) is 48.2 Å². The molecule has 0 fully saturated rings. The minimum Gasteiger partial charge on any atom is -0.464 e. The predicted octanol–water partition coefficient (Wildman–Crippen LogP) is 4.88. The molecule has 0 aliphatic carbocycles. The zero-order valence-electron chi connectivity index (χ0n) is 18.0. The molecular formula is C21H25NO8S2. The molecule has 0 N–H and O–H groups in total. The van der Waals surface area contributed by atoms with Crippen LogP contribution in [0.4, 0.5) is 4.79 Å². The number of fused-ring (bicyclic) bond motifs is 1. The molecule has 0 radical (unpaired) electrons. The van der Waals surface area contributed by atoms with Crippen LogP contribution in [0.15, 0.2) is 36.4 Å². The van der Waals surface area contributed by atoms with Gasteiger partial charge < -0.3 is 14.2 Å². The molecule has 2 aromatic rings. The summed E-state index contributed by atoms with van der Waals surface area (Å²) in [6.07, 6.45) is -2.38. The van der Waals surface area contributed by atoms with Crippen molar-refractivity contribution in [2.24, 2.45) is 0 Å². The number of ether oxygens (including phenoxy) is 3. The van der Waals surface area contributed by atoms with Gasteiger partial charge in [0.25, 0.3) is 5.09 Å². The van der Waals surface area contributed by atoms with Crippen LogP contribution in [-0.2, 0) is 23.8 Å². The highest BCUT2D eigenvalue weighted by molar-refractivity contribution is 8.76. The number of carbonyl (C=O) groups is 2. The first-order valence-corrected chi connectivity index (χ1v) is 12.3. The van der Waals surface area contributed by atoms with E-state index in [4.69, 9.17) is 9.47 Å². The Labute approximate surface area is 193 Å². The average molecular weight is 484 g/mol. The van der Waals surface area contributed by atoms with Gasteiger partial charge in [-0.2, -0.15) is 0 Å². The zero-order valence-corrected chi connectivity index (χ0v) is 19.6. The summed E-state index contributed by atoms with van der Waals surface area (Å²) in [7, 11) is 2.91. The van der Waals surface area contributed by atoms with Crippen LogP contribution in [0.2, 0.25) is 0 Å². The third-order valence-electron chi connectivity index (χ3n) is 4.25. The first-order chi connectivity index (χ1) is 15.3. The fourth-order valence-electron chi connectivity index (χ4n) is 2.68. The Hall–Kier alpha value is -2.66. The molecule has 0 heterocycles. The highest BCUT2D eigenvalue weighted by Crippen LogP contribution is 2.24. The van der Waals surface area contributed by atoms with Gasteiger partial charge in [0.1, 0.15) is 13.2 Å². The van der Waals surface area contributed by atoms with E-state index in [0.717, 1.165) is 16.3 Å². The molecule has 1 unspecified atom stereocenters. The van der Waals surface area contributed by atoms with Crippen LogP contribution in [0.5, 0.6) is 0 Å². The quantitative estimate of drug-likeness (QED) is 0.103. The Kier molecular flexibility index (Phi) is 10.4. The number of hydrogen-bond acceptors (Lipinski definition) is 10. The molecule has 0 aromatic heterocycles. The van der Waals surface area contributed by atoms with Crippen LogP contribution in [0.25, 0.3) is 10.8 Å². The monoisotopic (exact) mass is 483 g/mol. The lowest BCUT2D eigenvalue weighted by Crippen LogP contribution is -2.22. The minimum absolute atomic E-state index is 0.0694. The molecule has 0 bridgehead atoms.